The first kappa shape index (κ1) is 13.3. The Balaban J connectivity index is 2.06. The minimum Gasteiger partial charge on any atom is -0.322 e. The number of nitrogens with two attached hydrogens (primary N) is 1. The molecular formula is C11H16BrNS3. The van der Waals surface area contributed by atoms with Crippen LogP contribution in [0.25, 0.3) is 0 Å². The predicted octanol–water partition coefficient (Wildman–Crippen LogP) is 4.14. The van der Waals surface area contributed by atoms with Crippen molar-refractivity contribution < 1.29 is 0 Å². The lowest BCUT2D eigenvalue weighted by molar-refractivity contribution is 0.718. The molecule has 4 atom stereocenters. The van der Waals surface area contributed by atoms with Crippen molar-refractivity contribution in [3.05, 3.63) is 20.8 Å². The molecule has 5 heteroatoms. The maximum atomic E-state index is 6.37. The third-order valence-corrected chi connectivity index (χ3v) is 8.41. The molecule has 4 unspecified atom stereocenters. The second kappa shape index (κ2) is 5.65. The molecule has 0 saturated carbocycles. The molecule has 0 spiro atoms. The fourth-order valence-corrected chi connectivity index (χ4v) is 6.53. The molecule has 0 aliphatic carbocycles. The van der Waals surface area contributed by atoms with Gasteiger partial charge in [-0.3, -0.25) is 0 Å². The largest absolute Gasteiger partial charge is 0.322 e. The van der Waals surface area contributed by atoms with Crippen molar-refractivity contribution in [3.63, 3.8) is 0 Å². The van der Waals surface area contributed by atoms with Gasteiger partial charge in [-0.15, -0.1) is 11.3 Å². The van der Waals surface area contributed by atoms with Crippen LogP contribution in [0.4, 0.5) is 0 Å². The van der Waals surface area contributed by atoms with Gasteiger partial charge in [-0.1, -0.05) is 13.8 Å². The molecule has 1 aliphatic heterocycles. The molecule has 0 amide bonds. The molecule has 2 rings (SSSR count). The van der Waals surface area contributed by atoms with Crippen LogP contribution in [-0.4, -0.2) is 21.5 Å². The monoisotopic (exact) mass is 337 g/mol. The van der Waals surface area contributed by atoms with Crippen LogP contribution in [0.15, 0.2) is 15.9 Å². The summed E-state index contributed by atoms with van der Waals surface area (Å²) >= 11 is 9.44. The van der Waals surface area contributed by atoms with Crippen LogP contribution >= 0.6 is 50.8 Å². The van der Waals surface area contributed by atoms with Gasteiger partial charge in [0.05, 0.1) is 6.04 Å². The minimum absolute atomic E-state index is 0.168. The molecule has 0 aromatic carbocycles. The van der Waals surface area contributed by atoms with Gasteiger partial charge in [-0.2, -0.15) is 23.5 Å². The van der Waals surface area contributed by atoms with Gasteiger partial charge in [0, 0.05) is 30.9 Å². The van der Waals surface area contributed by atoms with Crippen molar-refractivity contribution in [3.8, 4) is 0 Å². The molecule has 2 N–H and O–H groups in total. The zero-order chi connectivity index (χ0) is 11.7. The van der Waals surface area contributed by atoms with E-state index in [4.69, 9.17) is 5.73 Å². The van der Waals surface area contributed by atoms with E-state index in [1.807, 2.05) is 11.8 Å². The van der Waals surface area contributed by atoms with E-state index in [2.05, 4.69) is 53.0 Å². The fourth-order valence-electron chi connectivity index (χ4n) is 1.71. The standard InChI is InChI=1S/C11H16BrNS3/c1-6-7(2)16-9(5-15-6)10(13)11-8(12)3-4-14-11/h3-4,6-7,9-10H,5,13H2,1-2H3. The maximum absolute atomic E-state index is 6.37. The SMILES string of the molecule is CC1SCC(C(N)c2sccc2Br)SC1C. The third kappa shape index (κ3) is 2.80. The van der Waals surface area contributed by atoms with E-state index in [9.17, 15) is 0 Å². The van der Waals surface area contributed by atoms with E-state index in [0.29, 0.717) is 10.5 Å². The van der Waals surface area contributed by atoms with Gasteiger partial charge >= 0.3 is 0 Å². The molecule has 16 heavy (non-hydrogen) atoms. The zero-order valence-electron chi connectivity index (χ0n) is 9.35. The van der Waals surface area contributed by atoms with Gasteiger partial charge in [0.25, 0.3) is 0 Å². The van der Waals surface area contributed by atoms with E-state index in [0.717, 1.165) is 5.25 Å². The quantitative estimate of drug-likeness (QED) is 0.878. The van der Waals surface area contributed by atoms with Crippen molar-refractivity contribution in [1.29, 1.82) is 0 Å². The molecule has 1 aliphatic rings. The van der Waals surface area contributed by atoms with Crippen LogP contribution in [0.5, 0.6) is 0 Å². The van der Waals surface area contributed by atoms with E-state index < -0.39 is 0 Å². The van der Waals surface area contributed by atoms with E-state index in [1.54, 1.807) is 11.3 Å². The highest BCUT2D eigenvalue weighted by Gasteiger charge is 2.31. The van der Waals surface area contributed by atoms with E-state index in [1.165, 1.54) is 15.1 Å². The summed E-state index contributed by atoms with van der Waals surface area (Å²) in [6.07, 6.45) is 0. The average Bonchev–Trinajstić information content (AvgIpc) is 2.67. The molecule has 90 valence electrons. The lowest BCUT2D eigenvalue weighted by atomic mass is 10.2. The van der Waals surface area contributed by atoms with Gasteiger partial charge in [-0.25, -0.2) is 0 Å². The Kier molecular flexibility index (Phi) is 4.69. The Labute approximate surface area is 118 Å². The minimum atomic E-state index is 0.168. The van der Waals surface area contributed by atoms with Gasteiger partial charge < -0.3 is 5.73 Å². The van der Waals surface area contributed by atoms with Crippen LogP contribution in [0, 0.1) is 0 Å². The maximum Gasteiger partial charge on any atom is 0.0529 e. The molecule has 0 bridgehead atoms. The number of rotatable bonds is 2. The Bertz CT molecular complexity index is 355. The van der Waals surface area contributed by atoms with Gasteiger partial charge in [0.15, 0.2) is 0 Å². The van der Waals surface area contributed by atoms with Gasteiger partial charge in [0.2, 0.25) is 0 Å². The summed E-state index contributed by atoms with van der Waals surface area (Å²) in [5, 5.41) is 4.10. The first-order valence-corrected chi connectivity index (χ1v) is 9.01. The second-order valence-corrected chi connectivity index (χ2v) is 8.91. The number of halogens is 1. The number of hydrogen-bond donors (Lipinski definition) is 1. The number of hydrogen-bond acceptors (Lipinski definition) is 4. The average molecular weight is 338 g/mol. The lowest BCUT2D eigenvalue weighted by Crippen LogP contribution is -2.33. The molecule has 1 aromatic rings. The third-order valence-electron chi connectivity index (χ3n) is 2.92. The molecule has 1 aromatic heterocycles. The molecule has 2 heterocycles. The zero-order valence-corrected chi connectivity index (χ0v) is 13.4. The molecule has 1 fully saturated rings. The van der Waals surface area contributed by atoms with E-state index >= 15 is 0 Å². The van der Waals surface area contributed by atoms with Crippen molar-refractivity contribution in [2.75, 3.05) is 5.75 Å². The summed E-state index contributed by atoms with van der Waals surface area (Å²) < 4.78 is 1.17. The highest BCUT2D eigenvalue weighted by atomic mass is 79.9. The number of thioether (sulfide) groups is 2. The summed E-state index contributed by atoms with van der Waals surface area (Å²) in [5.41, 5.74) is 6.37. The summed E-state index contributed by atoms with van der Waals surface area (Å²) in [6, 6.07) is 2.26. The van der Waals surface area contributed by atoms with Gasteiger partial charge in [-0.05, 0) is 27.4 Å². The van der Waals surface area contributed by atoms with Crippen LogP contribution in [-0.2, 0) is 0 Å². The summed E-state index contributed by atoms with van der Waals surface area (Å²) in [6.45, 7) is 4.62. The van der Waals surface area contributed by atoms with Gasteiger partial charge in [0.1, 0.15) is 0 Å². The number of thiophene rings is 1. The van der Waals surface area contributed by atoms with Crippen molar-refractivity contribution in [2.45, 2.75) is 35.6 Å². The fraction of sp³-hybridized carbons (Fsp3) is 0.636. The molecule has 1 saturated heterocycles. The van der Waals surface area contributed by atoms with Crippen molar-refractivity contribution in [2.24, 2.45) is 5.73 Å². The van der Waals surface area contributed by atoms with Crippen LogP contribution in [0.1, 0.15) is 24.8 Å². The Morgan fingerprint density at radius 3 is 2.75 bits per heavy atom. The Morgan fingerprint density at radius 1 is 1.44 bits per heavy atom. The summed E-state index contributed by atoms with van der Waals surface area (Å²) in [7, 11) is 0. The summed E-state index contributed by atoms with van der Waals surface area (Å²) in [4.78, 5) is 1.29. The molecule has 1 nitrogen and oxygen atoms in total. The highest BCUT2D eigenvalue weighted by molar-refractivity contribution is 9.10. The molecule has 0 radical (unpaired) electrons. The molecular weight excluding hydrogens is 322 g/mol. The van der Waals surface area contributed by atoms with Crippen molar-refractivity contribution >= 4 is 50.8 Å². The van der Waals surface area contributed by atoms with E-state index in [-0.39, 0.29) is 6.04 Å². The van der Waals surface area contributed by atoms with Crippen LogP contribution < -0.4 is 5.73 Å². The Morgan fingerprint density at radius 2 is 2.19 bits per heavy atom. The van der Waals surface area contributed by atoms with Crippen LogP contribution in [0.2, 0.25) is 0 Å². The topological polar surface area (TPSA) is 26.0 Å². The first-order valence-electron chi connectivity index (χ1n) is 5.35. The predicted molar refractivity (Wildman–Crippen MR) is 81.7 cm³/mol. The Hall–Kier alpha value is 0.840. The highest BCUT2D eigenvalue weighted by Crippen LogP contribution is 2.42. The lowest BCUT2D eigenvalue weighted by Gasteiger charge is -2.34. The smallest absolute Gasteiger partial charge is 0.0529 e. The first-order chi connectivity index (χ1) is 7.59. The van der Waals surface area contributed by atoms with Crippen molar-refractivity contribution in [1.82, 2.24) is 0 Å². The normalized spacial score (nSPS) is 32.6. The summed E-state index contributed by atoms with van der Waals surface area (Å²) in [5.74, 6) is 1.17. The van der Waals surface area contributed by atoms with Crippen LogP contribution in [0.3, 0.4) is 0 Å². The second-order valence-electron chi connectivity index (χ2n) is 4.08.